The second-order valence-corrected chi connectivity index (χ2v) is 9.23. The molecule has 2 N–H and O–H groups in total. The number of methoxy groups -OCH3 is 1. The number of nitrogens with one attached hydrogen (secondary N) is 1. The van der Waals surface area contributed by atoms with E-state index in [4.69, 9.17) is 14.6 Å². The highest BCUT2D eigenvalue weighted by atomic mass is 32.2. The maximum absolute atomic E-state index is 12.7. The highest BCUT2D eigenvalue weighted by Crippen LogP contribution is 2.52. The summed E-state index contributed by atoms with van der Waals surface area (Å²) >= 11 is 1.08. The molecule has 0 aliphatic carbocycles. The first-order valence-corrected chi connectivity index (χ1v) is 11.7. The molecule has 8 heteroatoms. The van der Waals surface area contributed by atoms with Gasteiger partial charge in [0.15, 0.2) is 11.5 Å². The van der Waals surface area contributed by atoms with E-state index in [-0.39, 0.29) is 17.0 Å². The Bertz CT molecular complexity index is 1360. The Morgan fingerprint density at radius 3 is 2.79 bits per heavy atom. The van der Waals surface area contributed by atoms with Crippen molar-refractivity contribution < 1.29 is 19.4 Å². The van der Waals surface area contributed by atoms with E-state index < -0.39 is 5.85 Å². The van der Waals surface area contributed by atoms with Crippen molar-refractivity contribution in [3.8, 4) is 17.2 Å². The molecule has 0 unspecified atom stereocenters. The van der Waals surface area contributed by atoms with Gasteiger partial charge in [0.2, 0.25) is 0 Å². The lowest BCUT2D eigenvalue weighted by Gasteiger charge is -2.45. The van der Waals surface area contributed by atoms with E-state index in [1.54, 1.807) is 18.2 Å². The van der Waals surface area contributed by atoms with E-state index in [1.807, 2.05) is 65.7 Å². The number of phenolic OH excluding ortho intramolecular Hbond substituents is 1. The third-order valence-electron chi connectivity index (χ3n) is 6.19. The van der Waals surface area contributed by atoms with Gasteiger partial charge < -0.3 is 14.6 Å². The van der Waals surface area contributed by atoms with Crippen LogP contribution in [0.25, 0.3) is 6.08 Å². The van der Waals surface area contributed by atoms with Crippen LogP contribution in [0.4, 0.5) is 4.79 Å². The smallest absolute Gasteiger partial charge is 0.314 e. The number of para-hydroxylation sites is 1. The van der Waals surface area contributed by atoms with Crippen LogP contribution in [0.3, 0.4) is 0 Å². The number of hydrogen-bond acceptors (Lipinski definition) is 7. The van der Waals surface area contributed by atoms with Crippen LogP contribution in [-0.4, -0.2) is 34.0 Å². The highest BCUT2D eigenvalue weighted by molar-refractivity contribution is 8.17. The molecule has 3 heterocycles. The van der Waals surface area contributed by atoms with Crippen LogP contribution < -0.4 is 14.8 Å². The Morgan fingerprint density at radius 2 is 1.97 bits per heavy atom. The standard InChI is InChI=1S/C26H21N3O4S/c1-32-23-13-16(11-12-21(23)30)14-24-26(27-25(31)34-24)29-20(18-9-5-6-10-22(18)33-26)15-19(28-29)17-7-3-2-4-8-17/h2-14,20,30H,15H2,1H3,(H,27,31)/b24-14-/t20-,26-/m0/s1. The fourth-order valence-corrected chi connectivity index (χ4v) is 5.51. The quantitative estimate of drug-likeness (QED) is 0.553. The maximum Gasteiger partial charge on any atom is 0.314 e. The molecule has 1 spiro atoms. The van der Waals surface area contributed by atoms with Crippen molar-refractivity contribution in [1.29, 1.82) is 0 Å². The number of nitrogens with zero attached hydrogens (tertiary/aromatic N) is 2. The molecule has 1 saturated heterocycles. The molecule has 6 rings (SSSR count). The SMILES string of the molecule is COc1cc(/C=C2\SC(=O)N[C@@]23Oc2ccccc2[C@@H]2CC(c4ccccc4)=NN23)ccc1O. The zero-order valence-electron chi connectivity index (χ0n) is 18.3. The molecule has 0 radical (unpaired) electrons. The zero-order valence-corrected chi connectivity index (χ0v) is 19.1. The van der Waals surface area contributed by atoms with Gasteiger partial charge in [-0.05, 0) is 47.2 Å². The Labute approximate surface area is 200 Å². The van der Waals surface area contributed by atoms with E-state index in [2.05, 4.69) is 5.32 Å². The summed E-state index contributed by atoms with van der Waals surface area (Å²) < 4.78 is 11.8. The molecular formula is C26H21N3O4S. The zero-order chi connectivity index (χ0) is 23.3. The van der Waals surface area contributed by atoms with Gasteiger partial charge in [-0.3, -0.25) is 10.1 Å². The summed E-state index contributed by atoms with van der Waals surface area (Å²) in [7, 11) is 1.50. The number of carbonyl (C=O) groups excluding carboxylic acids is 1. The van der Waals surface area contributed by atoms with Crippen LogP contribution in [0.5, 0.6) is 17.2 Å². The van der Waals surface area contributed by atoms with Gasteiger partial charge in [0.25, 0.3) is 5.24 Å². The summed E-state index contributed by atoms with van der Waals surface area (Å²) in [6.45, 7) is 0. The Hall–Kier alpha value is -3.91. The van der Waals surface area contributed by atoms with Crippen molar-refractivity contribution in [1.82, 2.24) is 10.3 Å². The molecule has 34 heavy (non-hydrogen) atoms. The Kier molecular flexibility index (Phi) is 4.77. The average molecular weight is 472 g/mol. The number of ether oxygens (including phenoxy) is 2. The van der Waals surface area contributed by atoms with Crippen molar-refractivity contribution in [3.63, 3.8) is 0 Å². The fraction of sp³-hybridized carbons (Fsp3) is 0.154. The number of rotatable bonds is 3. The van der Waals surface area contributed by atoms with Gasteiger partial charge in [-0.25, -0.2) is 5.01 Å². The molecule has 3 aliphatic heterocycles. The molecule has 0 saturated carbocycles. The number of aromatic hydroxyl groups is 1. The topological polar surface area (TPSA) is 83.4 Å². The van der Waals surface area contributed by atoms with Crippen LogP contribution in [0.2, 0.25) is 0 Å². The van der Waals surface area contributed by atoms with E-state index in [0.29, 0.717) is 22.8 Å². The van der Waals surface area contributed by atoms with Gasteiger partial charge in [-0.2, -0.15) is 5.10 Å². The van der Waals surface area contributed by atoms with Crippen LogP contribution in [0.15, 0.2) is 82.8 Å². The number of phenols is 1. The van der Waals surface area contributed by atoms with Crippen molar-refractivity contribution >= 4 is 28.8 Å². The first kappa shape index (κ1) is 20.7. The molecule has 3 aromatic carbocycles. The molecule has 0 bridgehead atoms. The number of benzene rings is 3. The number of hydrazone groups is 1. The molecule has 0 aromatic heterocycles. The van der Waals surface area contributed by atoms with Crippen molar-refractivity contribution in [2.75, 3.05) is 7.11 Å². The van der Waals surface area contributed by atoms with Gasteiger partial charge in [0.05, 0.1) is 23.8 Å². The first-order chi connectivity index (χ1) is 16.6. The number of hydrogen-bond donors (Lipinski definition) is 2. The minimum atomic E-state index is -1.28. The van der Waals surface area contributed by atoms with Crippen molar-refractivity contribution in [2.24, 2.45) is 5.10 Å². The predicted molar refractivity (Wildman–Crippen MR) is 131 cm³/mol. The van der Waals surface area contributed by atoms with Crippen LogP contribution in [0, 0.1) is 0 Å². The molecule has 2 atom stereocenters. The lowest BCUT2D eigenvalue weighted by atomic mass is 9.95. The van der Waals surface area contributed by atoms with Crippen LogP contribution in [-0.2, 0) is 0 Å². The number of thioether (sulfide) groups is 1. The van der Waals surface area contributed by atoms with E-state index in [9.17, 15) is 9.90 Å². The van der Waals surface area contributed by atoms with Crippen LogP contribution in [0.1, 0.15) is 29.2 Å². The van der Waals surface area contributed by atoms with Crippen LogP contribution >= 0.6 is 11.8 Å². The molecule has 1 fully saturated rings. The fourth-order valence-electron chi connectivity index (χ4n) is 4.61. The van der Waals surface area contributed by atoms with Crippen molar-refractivity contribution in [3.05, 3.63) is 94.4 Å². The molecular weight excluding hydrogens is 450 g/mol. The predicted octanol–water partition coefficient (Wildman–Crippen LogP) is 5.10. The lowest BCUT2D eigenvalue weighted by molar-refractivity contribution is -0.0949. The molecule has 3 aliphatic rings. The molecule has 1 amide bonds. The highest BCUT2D eigenvalue weighted by Gasteiger charge is 2.58. The first-order valence-electron chi connectivity index (χ1n) is 10.9. The van der Waals surface area contributed by atoms with Crippen molar-refractivity contribution in [2.45, 2.75) is 18.3 Å². The number of amides is 1. The molecule has 7 nitrogen and oxygen atoms in total. The largest absolute Gasteiger partial charge is 0.504 e. The summed E-state index contributed by atoms with van der Waals surface area (Å²) in [5.41, 5.74) is 3.76. The summed E-state index contributed by atoms with van der Waals surface area (Å²) in [6.07, 6.45) is 2.55. The number of carbonyl (C=O) groups is 1. The molecule has 170 valence electrons. The summed E-state index contributed by atoms with van der Waals surface area (Å²) in [4.78, 5) is 13.4. The monoisotopic (exact) mass is 471 g/mol. The second-order valence-electron chi connectivity index (χ2n) is 8.22. The third-order valence-corrected chi connectivity index (χ3v) is 7.09. The van der Waals surface area contributed by atoms with Gasteiger partial charge >= 0.3 is 5.85 Å². The normalized spacial score (nSPS) is 23.9. The summed E-state index contributed by atoms with van der Waals surface area (Å²) in [5.74, 6) is -0.163. The van der Waals surface area contributed by atoms with Gasteiger partial charge in [0.1, 0.15) is 5.75 Å². The second kappa shape index (κ2) is 7.85. The van der Waals surface area contributed by atoms with E-state index in [0.717, 1.165) is 34.2 Å². The molecule has 3 aromatic rings. The third kappa shape index (κ3) is 3.21. The van der Waals surface area contributed by atoms with Gasteiger partial charge in [-0.1, -0.05) is 54.6 Å². The van der Waals surface area contributed by atoms with E-state index >= 15 is 0 Å². The Morgan fingerprint density at radius 1 is 1.18 bits per heavy atom. The average Bonchev–Trinajstić information content (AvgIpc) is 3.44. The Balaban J connectivity index is 1.50. The van der Waals surface area contributed by atoms with Gasteiger partial charge in [0, 0.05) is 12.0 Å². The summed E-state index contributed by atoms with van der Waals surface area (Å²) in [6, 6.07) is 22.9. The van der Waals surface area contributed by atoms with E-state index in [1.165, 1.54) is 7.11 Å². The summed E-state index contributed by atoms with van der Waals surface area (Å²) in [5, 5.41) is 19.6. The maximum atomic E-state index is 12.7. The lowest BCUT2D eigenvalue weighted by Crippen LogP contribution is -2.61. The number of fused-ring (bicyclic) bond motifs is 4. The minimum Gasteiger partial charge on any atom is -0.504 e. The minimum absolute atomic E-state index is 0.0483. The van der Waals surface area contributed by atoms with Gasteiger partial charge in [-0.15, -0.1) is 0 Å².